The number of aryl methyl sites for hydroxylation is 1. The molecule has 0 radical (unpaired) electrons. The van der Waals surface area contributed by atoms with Gasteiger partial charge in [-0.3, -0.25) is 0 Å². The number of carboxylic acids is 1. The molecule has 0 unspecified atom stereocenters. The number of rotatable bonds is 4. The molecular weight excluding hydrogens is 250 g/mol. The van der Waals surface area contributed by atoms with E-state index in [1.807, 2.05) is 37.3 Å². The van der Waals surface area contributed by atoms with E-state index in [2.05, 4.69) is 25.2 Å². The zero-order chi connectivity index (χ0) is 14.7. The summed E-state index contributed by atoms with van der Waals surface area (Å²) < 4.78 is 0. The molecule has 0 aliphatic heterocycles. The lowest BCUT2D eigenvalue weighted by Gasteiger charge is -2.16. The largest absolute Gasteiger partial charge is 0.478 e. The summed E-state index contributed by atoms with van der Waals surface area (Å²) in [5, 5.41) is 12.5. The molecule has 0 aromatic heterocycles. The Labute approximate surface area is 119 Å². The number of hydrogen-bond donors (Lipinski definition) is 2. The maximum atomic E-state index is 11.3. The van der Waals surface area contributed by atoms with Crippen LogP contribution in [0.15, 0.2) is 42.5 Å². The fourth-order valence-electron chi connectivity index (χ4n) is 2.21. The minimum atomic E-state index is -0.922. The van der Waals surface area contributed by atoms with Crippen molar-refractivity contribution in [1.82, 2.24) is 0 Å². The molecule has 104 valence electrons. The van der Waals surface area contributed by atoms with Gasteiger partial charge >= 0.3 is 5.97 Å². The van der Waals surface area contributed by atoms with Gasteiger partial charge in [-0.2, -0.15) is 0 Å². The molecular formula is C17H19NO2. The first-order valence-corrected chi connectivity index (χ1v) is 6.69. The molecule has 0 aliphatic rings. The number of carbonyl (C=O) groups is 1. The van der Waals surface area contributed by atoms with Crippen LogP contribution < -0.4 is 5.32 Å². The molecule has 2 aromatic rings. The van der Waals surface area contributed by atoms with Crippen LogP contribution in [0.2, 0.25) is 0 Å². The summed E-state index contributed by atoms with van der Waals surface area (Å²) in [6.07, 6.45) is 0. The minimum Gasteiger partial charge on any atom is -0.478 e. The van der Waals surface area contributed by atoms with Crippen LogP contribution in [0, 0.1) is 6.92 Å². The van der Waals surface area contributed by atoms with E-state index >= 15 is 0 Å². The van der Waals surface area contributed by atoms with Crippen molar-refractivity contribution in [3.05, 3.63) is 59.2 Å². The van der Waals surface area contributed by atoms with E-state index in [-0.39, 0.29) is 5.56 Å². The van der Waals surface area contributed by atoms with E-state index < -0.39 is 5.97 Å². The van der Waals surface area contributed by atoms with Crippen LogP contribution in [0.1, 0.15) is 41.3 Å². The first kappa shape index (κ1) is 14.1. The highest BCUT2D eigenvalue weighted by Crippen LogP contribution is 2.29. The first-order chi connectivity index (χ1) is 9.49. The van der Waals surface area contributed by atoms with Crippen LogP contribution in [-0.4, -0.2) is 11.1 Å². The van der Waals surface area contributed by atoms with Crippen molar-refractivity contribution in [2.45, 2.75) is 26.7 Å². The van der Waals surface area contributed by atoms with Gasteiger partial charge < -0.3 is 10.4 Å². The second kappa shape index (κ2) is 5.78. The second-order valence-corrected chi connectivity index (χ2v) is 5.22. The molecule has 0 aliphatic carbocycles. The molecule has 0 saturated carbocycles. The summed E-state index contributed by atoms with van der Waals surface area (Å²) in [7, 11) is 0. The number of nitrogens with one attached hydrogen (secondary N) is 1. The Balaban J connectivity index is 2.45. The summed E-state index contributed by atoms with van der Waals surface area (Å²) in [4.78, 5) is 11.3. The predicted octanol–water partition coefficient (Wildman–Crippen LogP) is 4.56. The molecule has 0 bridgehead atoms. The third-order valence-electron chi connectivity index (χ3n) is 3.26. The average Bonchev–Trinajstić information content (AvgIpc) is 2.38. The summed E-state index contributed by atoms with van der Waals surface area (Å²) in [6.45, 7) is 6.19. The normalized spacial score (nSPS) is 10.6. The van der Waals surface area contributed by atoms with Crippen LogP contribution in [0.5, 0.6) is 0 Å². The highest BCUT2D eigenvalue weighted by atomic mass is 16.4. The zero-order valence-corrected chi connectivity index (χ0v) is 12.0. The van der Waals surface area contributed by atoms with Crippen LogP contribution in [0.4, 0.5) is 11.4 Å². The number of anilines is 2. The van der Waals surface area contributed by atoms with Crippen LogP contribution in [0.3, 0.4) is 0 Å². The second-order valence-electron chi connectivity index (χ2n) is 5.22. The first-order valence-electron chi connectivity index (χ1n) is 6.69. The van der Waals surface area contributed by atoms with Crippen molar-refractivity contribution in [3.63, 3.8) is 0 Å². The smallest absolute Gasteiger partial charge is 0.337 e. The van der Waals surface area contributed by atoms with E-state index in [1.54, 1.807) is 6.07 Å². The van der Waals surface area contributed by atoms with E-state index in [1.165, 1.54) is 5.56 Å². The van der Waals surface area contributed by atoms with Gasteiger partial charge in [0.05, 0.1) is 11.3 Å². The molecule has 0 atom stereocenters. The monoisotopic (exact) mass is 269 g/mol. The molecule has 0 amide bonds. The van der Waals surface area contributed by atoms with Crippen molar-refractivity contribution < 1.29 is 9.90 Å². The molecule has 0 heterocycles. The fourth-order valence-corrected chi connectivity index (χ4v) is 2.21. The van der Waals surface area contributed by atoms with Gasteiger partial charge in [-0.15, -0.1) is 0 Å². The number of benzene rings is 2. The van der Waals surface area contributed by atoms with Crippen LogP contribution >= 0.6 is 0 Å². The summed E-state index contributed by atoms with van der Waals surface area (Å²) >= 11 is 0. The minimum absolute atomic E-state index is 0.286. The van der Waals surface area contributed by atoms with Crippen molar-refractivity contribution in [1.29, 1.82) is 0 Å². The summed E-state index contributed by atoms with van der Waals surface area (Å²) in [5.74, 6) is -0.550. The van der Waals surface area contributed by atoms with Crippen LogP contribution in [0.25, 0.3) is 0 Å². The molecule has 2 aromatic carbocycles. The summed E-state index contributed by atoms with van der Waals surface area (Å²) in [6, 6.07) is 13.3. The van der Waals surface area contributed by atoms with Gasteiger partial charge in [0.1, 0.15) is 0 Å². The Morgan fingerprint density at radius 3 is 2.45 bits per heavy atom. The Morgan fingerprint density at radius 1 is 1.10 bits per heavy atom. The lowest BCUT2D eigenvalue weighted by molar-refractivity contribution is 0.0698. The molecule has 2 N–H and O–H groups in total. The molecule has 3 nitrogen and oxygen atoms in total. The highest BCUT2D eigenvalue weighted by molar-refractivity contribution is 5.95. The topological polar surface area (TPSA) is 49.3 Å². The van der Waals surface area contributed by atoms with Gasteiger partial charge in [-0.25, -0.2) is 4.79 Å². The number of para-hydroxylation sites is 1. The molecule has 0 fully saturated rings. The van der Waals surface area contributed by atoms with Crippen molar-refractivity contribution in [2.24, 2.45) is 0 Å². The molecule has 0 saturated heterocycles. The number of aromatic carboxylic acids is 1. The number of carboxylic acid groups (broad SMARTS) is 1. The SMILES string of the molecule is Cc1ccc(C(=O)O)c(Nc2ccccc2C(C)C)c1. The van der Waals surface area contributed by atoms with Crippen molar-refractivity contribution in [2.75, 3.05) is 5.32 Å². The van der Waals surface area contributed by atoms with E-state index in [4.69, 9.17) is 0 Å². The predicted molar refractivity (Wildman–Crippen MR) is 82.0 cm³/mol. The van der Waals surface area contributed by atoms with Gasteiger partial charge in [0.25, 0.3) is 0 Å². The zero-order valence-electron chi connectivity index (χ0n) is 12.0. The van der Waals surface area contributed by atoms with Gasteiger partial charge in [0.2, 0.25) is 0 Å². The average molecular weight is 269 g/mol. The fraction of sp³-hybridized carbons (Fsp3) is 0.235. The van der Waals surface area contributed by atoms with Gasteiger partial charge in [-0.05, 0) is 42.2 Å². The maximum Gasteiger partial charge on any atom is 0.337 e. The maximum absolute atomic E-state index is 11.3. The molecule has 3 heteroatoms. The highest BCUT2D eigenvalue weighted by Gasteiger charge is 2.12. The van der Waals surface area contributed by atoms with E-state index in [0.29, 0.717) is 11.6 Å². The Hall–Kier alpha value is -2.29. The van der Waals surface area contributed by atoms with Gasteiger partial charge in [0, 0.05) is 5.69 Å². The van der Waals surface area contributed by atoms with Crippen molar-refractivity contribution >= 4 is 17.3 Å². The summed E-state index contributed by atoms with van der Waals surface area (Å²) in [5.41, 5.74) is 4.07. The third-order valence-corrected chi connectivity index (χ3v) is 3.26. The lowest BCUT2D eigenvalue weighted by atomic mass is 10.0. The Bertz CT molecular complexity index is 633. The van der Waals surface area contributed by atoms with Crippen LogP contribution in [-0.2, 0) is 0 Å². The van der Waals surface area contributed by atoms with Gasteiger partial charge in [-0.1, -0.05) is 38.1 Å². The third kappa shape index (κ3) is 2.99. The van der Waals surface area contributed by atoms with E-state index in [0.717, 1.165) is 11.3 Å². The molecule has 20 heavy (non-hydrogen) atoms. The molecule has 2 rings (SSSR count). The molecule has 0 spiro atoms. The standard InChI is InChI=1S/C17H19NO2/c1-11(2)13-6-4-5-7-15(13)18-16-10-12(3)8-9-14(16)17(19)20/h4-11,18H,1-3H3,(H,19,20). The van der Waals surface area contributed by atoms with Crippen molar-refractivity contribution in [3.8, 4) is 0 Å². The van der Waals surface area contributed by atoms with E-state index in [9.17, 15) is 9.90 Å². The lowest BCUT2D eigenvalue weighted by Crippen LogP contribution is -2.05. The number of hydrogen-bond acceptors (Lipinski definition) is 2. The quantitative estimate of drug-likeness (QED) is 0.855. The Kier molecular flexibility index (Phi) is 4.08. The Morgan fingerprint density at radius 2 is 1.80 bits per heavy atom. The van der Waals surface area contributed by atoms with Gasteiger partial charge in [0.15, 0.2) is 0 Å².